The second-order valence-electron chi connectivity index (χ2n) is 9.50. The number of carboxylic acids is 1. The molecule has 0 radical (unpaired) electrons. The number of phenols is 1. The van der Waals surface area contributed by atoms with Crippen molar-refractivity contribution in [2.24, 2.45) is 5.16 Å². The molecule has 11 nitrogen and oxygen atoms in total. The number of amides is 2. The van der Waals surface area contributed by atoms with Crippen LogP contribution in [0.4, 0.5) is 0 Å². The zero-order valence-corrected chi connectivity index (χ0v) is 21.5. The Balaban J connectivity index is 1.63. The minimum atomic E-state index is -1.22. The van der Waals surface area contributed by atoms with Crippen LogP contribution in [0, 0.1) is 13.8 Å². The van der Waals surface area contributed by atoms with Crippen molar-refractivity contribution in [3.63, 3.8) is 0 Å². The summed E-state index contributed by atoms with van der Waals surface area (Å²) < 4.78 is 5.05. The van der Waals surface area contributed by atoms with Crippen LogP contribution in [0.3, 0.4) is 0 Å². The van der Waals surface area contributed by atoms with Crippen LogP contribution < -0.4 is 5.32 Å². The Morgan fingerprint density at radius 2 is 1.89 bits per heavy atom. The maximum Gasteiger partial charge on any atom is 0.352 e. The second kappa shape index (κ2) is 10.6. The number of carbonyl (C=O) groups is 4. The smallest absolute Gasteiger partial charge is 0.352 e. The van der Waals surface area contributed by atoms with Crippen LogP contribution in [0.15, 0.2) is 28.6 Å². The van der Waals surface area contributed by atoms with Crippen molar-refractivity contribution < 1.29 is 39.0 Å². The van der Waals surface area contributed by atoms with Gasteiger partial charge in [0, 0.05) is 5.75 Å². The summed E-state index contributed by atoms with van der Waals surface area (Å²) in [6.45, 7) is 8.16. The number of benzene rings is 1. The summed E-state index contributed by atoms with van der Waals surface area (Å²) in [6.07, 6.45) is 1.11. The van der Waals surface area contributed by atoms with Crippen LogP contribution in [-0.4, -0.2) is 74.5 Å². The van der Waals surface area contributed by atoms with Crippen molar-refractivity contribution in [1.29, 1.82) is 0 Å². The van der Waals surface area contributed by atoms with E-state index in [0.29, 0.717) is 28.9 Å². The monoisotopic (exact) mass is 519 g/mol. The second-order valence-corrected chi connectivity index (χ2v) is 10.6. The lowest BCUT2D eigenvalue weighted by atomic mass is 9.96. The molecule has 0 aromatic heterocycles. The molecule has 2 amide bonds. The molecule has 1 aromatic rings. The molecule has 2 atom stereocenters. The quantitative estimate of drug-likeness (QED) is 0.201. The Kier molecular flexibility index (Phi) is 7.97. The van der Waals surface area contributed by atoms with Gasteiger partial charge in [-0.2, -0.15) is 0 Å². The number of aromatic hydroxyl groups is 1. The molecule has 2 aliphatic heterocycles. The topological polar surface area (TPSA) is 155 Å². The molecule has 1 fully saturated rings. The maximum absolute atomic E-state index is 12.8. The molecule has 194 valence electrons. The fraction of sp³-hybridized carbons (Fsp3) is 0.458. The van der Waals surface area contributed by atoms with Gasteiger partial charge in [0.1, 0.15) is 34.7 Å². The minimum Gasteiger partial charge on any atom is -0.507 e. The van der Waals surface area contributed by atoms with Crippen LogP contribution in [-0.2, 0) is 35.2 Å². The van der Waals surface area contributed by atoms with Gasteiger partial charge in [0.2, 0.25) is 6.61 Å². The summed E-state index contributed by atoms with van der Waals surface area (Å²) in [7, 11) is 0. The van der Waals surface area contributed by atoms with E-state index in [0.717, 1.165) is 11.8 Å². The number of oxime groups is 1. The molecule has 1 aromatic carbocycles. The molecular formula is C24H29N3O8S. The average molecular weight is 520 g/mol. The lowest BCUT2D eigenvalue weighted by Gasteiger charge is -2.49. The van der Waals surface area contributed by atoms with Gasteiger partial charge in [0.15, 0.2) is 0 Å². The number of esters is 1. The summed E-state index contributed by atoms with van der Waals surface area (Å²) >= 11 is 1.35. The number of rotatable bonds is 8. The van der Waals surface area contributed by atoms with E-state index in [9.17, 15) is 29.4 Å². The number of ether oxygens (including phenoxy) is 1. The van der Waals surface area contributed by atoms with Crippen LogP contribution in [0.25, 0.3) is 0 Å². The van der Waals surface area contributed by atoms with Crippen LogP contribution in [0.1, 0.15) is 37.5 Å². The molecule has 1 saturated heterocycles. The van der Waals surface area contributed by atoms with Crippen LogP contribution >= 0.6 is 11.8 Å². The largest absolute Gasteiger partial charge is 0.507 e. The van der Waals surface area contributed by atoms with Gasteiger partial charge < -0.3 is 25.1 Å². The number of nitrogens with one attached hydrogen (secondary N) is 1. The van der Waals surface area contributed by atoms with E-state index in [1.807, 2.05) is 0 Å². The number of carboxylic acid groups (broad SMARTS) is 1. The number of β-lactam (4-membered cyclic amide) rings is 1. The minimum absolute atomic E-state index is 0.0907. The number of aryl methyl sites for hydroxylation is 2. The Morgan fingerprint density at radius 3 is 2.47 bits per heavy atom. The first kappa shape index (κ1) is 27.1. The first-order chi connectivity index (χ1) is 16.8. The molecule has 2 aliphatic rings. The number of aliphatic carboxylic acids is 1. The highest BCUT2D eigenvalue weighted by Crippen LogP contribution is 2.41. The van der Waals surface area contributed by atoms with Crippen molar-refractivity contribution in [3.05, 3.63) is 40.1 Å². The number of phenolic OH excluding ortho intramolecular Hbond substituents is 1. The van der Waals surface area contributed by atoms with Crippen molar-refractivity contribution in [1.82, 2.24) is 10.2 Å². The molecule has 1 unspecified atom stereocenters. The highest BCUT2D eigenvalue weighted by Gasteiger charge is 2.54. The Labute approximate surface area is 212 Å². The Hall–Kier alpha value is -3.54. The average Bonchev–Trinajstić information content (AvgIpc) is 2.77. The van der Waals surface area contributed by atoms with Gasteiger partial charge in [-0.25, -0.2) is 9.59 Å². The molecular weight excluding hydrogens is 490 g/mol. The number of nitrogens with zero attached hydrogens (tertiary/aromatic N) is 2. The number of fused-ring (bicyclic) bond motifs is 1. The van der Waals surface area contributed by atoms with E-state index >= 15 is 0 Å². The first-order valence-corrected chi connectivity index (χ1v) is 12.2. The Bertz CT molecular complexity index is 1130. The van der Waals surface area contributed by atoms with Gasteiger partial charge >= 0.3 is 11.9 Å². The standard InChI is InChI=1S/C24H29N3O8S/c1-12-6-14(7-13(2)20(12)30)8-15-11-36-22-18(21(31)27(22)19(15)23(32)33)26-16(28)9-25-34-10-17(29)35-24(3,4)5/h6-7,9,18,22,30H,8,10-11H2,1-5H3,(H,26,28)(H,32,33)/t18?,22-/m0/s1. The van der Waals surface area contributed by atoms with Gasteiger partial charge in [-0.1, -0.05) is 17.3 Å². The van der Waals surface area contributed by atoms with Gasteiger partial charge in [0.25, 0.3) is 11.8 Å². The van der Waals surface area contributed by atoms with Gasteiger partial charge in [0.05, 0.1) is 0 Å². The number of carbonyl (C=O) groups excluding carboxylic acids is 3. The summed E-state index contributed by atoms with van der Waals surface area (Å²) in [4.78, 5) is 54.5. The van der Waals surface area contributed by atoms with Crippen molar-refractivity contribution in [2.45, 2.75) is 58.1 Å². The lowest BCUT2D eigenvalue weighted by molar-refractivity contribution is -0.160. The van der Waals surface area contributed by atoms with Crippen molar-refractivity contribution in [2.75, 3.05) is 12.4 Å². The van der Waals surface area contributed by atoms with E-state index in [2.05, 4.69) is 10.5 Å². The third-order valence-corrected chi connectivity index (χ3v) is 6.70. The van der Waals surface area contributed by atoms with Gasteiger partial charge in [-0.05, 0) is 63.3 Å². The van der Waals surface area contributed by atoms with Crippen LogP contribution in [0.5, 0.6) is 5.75 Å². The lowest BCUT2D eigenvalue weighted by Crippen LogP contribution is -2.70. The van der Waals surface area contributed by atoms with Gasteiger partial charge in [-0.15, -0.1) is 11.8 Å². The first-order valence-electron chi connectivity index (χ1n) is 11.1. The molecule has 0 spiro atoms. The third-order valence-electron chi connectivity index (χ3n) is 5.36. The summed E-state index contributed by atoms with van der Waals surface area (Å²) in [6, 6.07) is 2.65. The van der Waals surface area contributed by atoms with Crippen molar-refractivity contribution in [3.8, 4) is 5.75 Å². The molecule has 2 heterocycles. The molecule has 3 N–H and O–H groups in total. The summed E-state index contributed by atoms with van der Waals surface area (Å²) in [5.74, 6) is -2.59. The third kappa shape index (κ3) is 6.17. The highest BCUT2D eigenvalue weighted by molar-refractivity contribution is 8.00. The predicted molar refractivity (Wildman–Crippen MR) is 131 cm³/mol. The fourth-order valence-electron chi connectivity index (χ4n) is 3.95. The SMILES string of the molecule is Cc1cc(CC2=C(C(=O)O)N3C(=O)C(NC(=O)C=NOCC(=O)OC(C)(C)C)[C@@H]3SC2)cc(C)c1O. The maximum atomic E-state index is 12.8. The van der Waals surface area contributed by atoms with Crippen LogP contribution in [0.2, 0.25) is 0 Å². The number of hydrogen-bond acceptors (Lipinski definition) is 9. The summed E-state index contributed by atoms with van der Waals surface area (Å²) in [5.41, 5.74) is 2.00. The highest BCUT2D eigenvalue weighted by atomic mass is 32.2. The molecule has 0 aliphatic carbocycles. The number of thioether (sulfide) groups is 1. The normalized spacial score (nSPS) is 19.6. The van der Waals surface area contributed by atoms with E-state index < -0.39 is 47.4 Å². The van der Waals surface area contributed by atoms with E-state index in [4.69, 9.17) is 9.57 Å². The molecule has 36 heavy (non-hydrogen) atoms. The molecule has 0 saturated carbocycles. The number of hydrogen-bond donors (Lipinski definition) is 3. The fourth-order valence-corrected chi connectivity index (χ4v) is 5.30. The van der Waals surface area contributed by atoms with E-state index in [1.165, 1.54) is 16.7 Å². The molecule has 3 rings (SSSR count). The predicted octanol–water partition coefficient (Wildman–Crippen LogP) is 1.63. The molecule has 12 heteroatoms. The van der Waals surface area contributed by atoms with E-state index in [-0.39, 0.29) is 11.4 Å². The Morgan fingerprint density at radius 1 is 1.25 bits per heavy atom. The van der Waals surface area contributed by atoms with E-state index in [1.54, 1.807) is 46.8 Å². The summed E-state index contributed by atoms with van der Waals surface area (Å²) in [5, 5.41) is 25.2. The zero-order valence-electron chi connectivity index (χ0n) is 20.7. The van der Waals surface area contributed by atoms with Crippen molar-refractivity contribution >= 4 is 41.7 Å². The zero-order chi connectivity index (χ0) is 26.8. The van der Waals surface area contributed by atoms with Gasteiger partial charge in [-0.3, -0.25) is 14.5 Å². The molecule has 0 bridgehead atoms.